The zero-order valence-electron chi connectivity index (χ0n) is 28.3. The maximum absolute atomic E-state index is 13.9. The van der Waals surface area contributed by atoms with Crippen molar-refractivity contribution in [3.8, 4) is 5.75 Å². The average molecular weight is 660 g/mol. The number of aliphatic hydroxyl groups is 2. The van der Waals surface area contributed by atoms with Gasteiger partial charge in [0.2, 0.25) is 0 Å². The zero-order chi connectivity index (χ0) is 33.6. The second kappa shape index (κ2) is 11.6. The number of likely N-dealkylation sites (tertiary alicyclic amines) is 1. The van der Waals surface area contributed by atoms with Crippen LogP contribution >= 0.6 is 0 Å². The predicted molar refractivity (Wildman–Crippen MR) is 166 cm³/mol. The number of hydrogen-bond acceptors (Lipinski definition) is 12. The Balaban J connectivity index is 1.47. The van der Waals surface area contributed by atoms with E-state index in [0.29, 0.717) is 43.9 Å². The van der Waals surface area contributed by atoms with E-state index in [4.69, 9.17) is 33.2 Å². The SMILES string of the molecule is CCN1C[C@]2(COC)C(O)C[C@H](OC)[C@@]34[C@@H]5C[C@@H]6[C@@H](OC)[C@H](O)[C@@](OC(C)=O)([C@H]5[C@H]6OC(=O)c5ccc(OC)cc5)[C@@H]([C@H](OC)[C@H]23)[C@@H]14. The van der Waals surface area contributed by atoms with E-state index in [1.54, 1.807) is 59.8 Å². The van der Waals surface area contributed by atoms with Gasteiger partial charge in [-0.3, -0.25) is 9.69 Å². The molecule has 1 aliphatic heterocycles. The van der Waals surface area contributed by atoms with Crippen LogP contribution in [0.2, 0.25) is 0 Å². The Labute approximate surface area is 275 Å². The molecule has 0 aromatic heterocycles. The lowest BCUT2D eigenvalue weighted by molar-refractivity contribution is -0.312. The lowest BCUT2D eigenvalue weighted by Gasteiger charge is -2.70. The lowest BCUT2D eigenvalue weighted by Crippen LogP contribution is -2.80. The standard InChI is InChI=1S/C35H49NO11/c1-8-36-15-33(16-41-3)22(38)14-23(43-5)34-21-13-20-26(46-32(40)18-9-11-19(42-4)12-10-18)24(21)35(47-17(2)37,31(39)27(20)44-6)25(30(34)36)28(45-7)29(33)34/h9-12,20-31,38-39H,8,13-16H2,1-7H3/t20-,21+,22?,23-,24+,25-,26-,27+,28-,29+,30+,31-,33-,34-,35+/m0/s1. The van der Waals surface area contributed by atoms with Crippen LogP contribution in [-0.4, -0.2) is 131 Å². The number of aliphatic hydroxyl groups excluding tert-OH is 2. The van der Waals surface area contributed by atoms with Crippen molar-refractivity contribution >= 4 is 11.9 Å². The van der Waals surface area contributed by atoms with Gasteiger partial charge in [0.25, 0.3) is 0 Å². The maximum atomic E-state index is 13.9. The highest BCUT2D eigenvalue weighted by Crippen LogP contribution is 2.80. The topological polar surface area (TPSA) is 142 Å². The maximum Gasteiger partial charge on any atom is 0.338 e. The summed E-state index contributed by atoms with van der Waals surface area (Å²) in [6.07, 6.45) is -3.51. The van der Waals surface area contributed by atoms with Crippen molar-refractivity contribution in [3.63, 3.8) is 0 Å². The van der Waals surface area contributed by atoms with Crippen LogP contribution < -0.4 is 4.74 Å². The molecule has 6 aliphatic rings. The first-order valence-electron chi connectivity index (χ1n) is 16.8. The first kappa shape index (κ1) is 33.2. The highest BCUT2D eigenvalue weighted by molar-refractivity contribution is 5.89. The number of methoxy groups -OCH3 is 5. The Morgan fingerprint density at radius 2 is 1.64 bits per heavy atom. The molecule has 5 saturated carbocycles. The molecule has 7 rings (SSSR count). The van der Waals surface area contributed by atoms with E-state index in [-0.39, 0.29) is 29.9 Å². The van der Waals surface area contributed by atoms with Crippen LogP contribution in [0.3, 0.4) is 0 Å². The van der Waals surface area contributed by atoms with Crippen LogP contribution in [0, 0.1) is 40.4 Å². The molecule has 1 saturated heterocycles. The molecule has 12 nitrogen and oxygen atoms in total. The monoisotopic (exact) mass is 659 g/mol. The number of carbonyl (C=O) groups is 2. The van der Waals surface area contributed by atoms with E-state index >= 15 is 0 Å². The summed E-state index contributed by atoms with van der Waals surface area (Å²) in [4.78, 5) is 29.5. The minimum Gasteiger partial charge on any atom is -0.497 e. The molecule has 12 heteroatoms. The van der Waals surface area contributed by atoms with Gasteiger partial charge >= 0.3 is 11.9 Å². The Hall–Kier alpha value is -2.32. The Bertz CT molecular complexity index is 1380. The van der Waals surface area contributed by atoms with E-state index in [1.807, 2.05) is 0 Å². The third-order valence-electron chi connectivity index (χ3n) is 13.4. The van der Waals surface area contributed by atoms with Crippen molar-refractivity contribution in [2.75, 3.05) is 55.2 Å². The van der Waals surface area contributed by atoms with E-state index in [9.17, 15) is 19.8 Å². The summed E-state index contributed by atoms with van der Waals surface area (Å²) in [5.41, 5.74) is -2.50. The quantitative estimate of drug-likeness (QED) is 0.352. The van der Waals surface area contributed by atoms with Gasteiger partial charge in [-0.05, 0) is 43.1 Å². The molecule has 1 heterocycles. The van der Waals surface area contributed by atoms with Gasteiger partial charge in [-0.1, -0.05) is 6.92 Å². The smallest absolute Gasteiger partial charge is 0.338 e. The molecule has 6 fully saturated rings. The number of carbonyl (C=O) groups excluding carboxylic acids is 2. The number of nitrogens with zero attached hydrogens (tertiary/aromatic N) is 1. The highest BCUT2D eigenvalue weighted by Gasteiger charge is 2.90. The lowest BCUT2D eigenvalue weighted by atomic mass is 9.42. The van der Waals surface area contributed by atoms with Gasteiger partial charge in [0.05, 0.1) is 43.7 Å². The highest BCUT2D eigenvalue weighted by atomic mass is 16.6. The fourth-order valence-electron chi connectivity index (χ4n) is 12.5. The molecule has 7 bridgehead atoms. The first-order valence-corrected chi connectivity index (χ1v) is 16.8. The molecule has 1 aromatic carbocycles. The van der Waals surface area contributed by atoms with Crippen molar-refractivity contribution in [2.24, 2.45) is 40.4 Å². The number of ether oxygens (including phenoxy) is 7. The van der Waals surface area contributed by atoms with Crippen LogP contribution in [0.4, 0.5) is 0 Å². The largest absolute Gasteiger partial charge is 0.497 e. The van der Waals surface area contributed by atoms with E-state index in [2.05, 4.69) is 11.8 Å². The second-order valence-corrected chi connectivity index (χ2v) is 14.6. The normalized spacial score (nSPS) is 47.4. The second-order valence-electron chi connectivity index (χ2n) is 14.6. The summed E-state index contributed by atoms with van der Waals surface area (Å²) in [6.45, 7) is 4.95. The van der Waals surface area contributed by atoms with Gasteiger partial charge in [0, 0.05) is 88.9 Å². The number of hydrogen-bond donors (Lipinski definition) is 2. The fourth-order valence-corrected chi connectivity index (χ4v) is 12.5. The molecule has 260 valence electrons. The van der Waals surface area contributed by atoms with Crippen LogP contribution in [0.15, 0.2) is 24.3 Å². The summed E-state index contributed by atoms with van der Waals surface area (Å²) in [5.74, 6) is -2.49. The molecular weight excluding hydrogens is 610 g/mol. The van der Waals surface area contributed by atoms with Crippen molar-refractivity contribution in [2.45, 2.75) is 75.0 Å². The van der Waals surface area contributed by atoms with Crippen molar-refractivity contribution in [3.05, 3.63) is 29.8 Å². The molecule has 1 aromatic rings. The van der Waals surface area contributed by atoms with Gasteiger partial charge in [-0.2, -0.15) is 0 Å². The van der Waals surface area contributed by atoms with E-state index < -0.39 is 70.7 Å². The number of esters is 2. The summed E-state index contributed by atoms with van der Waals surface area (Å²) in [6, 6.07) is 6.50. The van der Waals surface area contributed by atoms with Crippen molar-refractivity contribution < 1.29 is 53.0 Å². The van der Waals surface area contributed by atoms with Crippen LogP contribution in [0.25, 0.3) is 0 Å². The molecular formula is C35H49NO11. The molecule has 0 amide bonds. The Morgan fingerprint density at radius 1 is 0.936 bits per heavy atom. The summed E-state index contributed by atoms with van der Waals surface area (Å²) < 4.78 is 43.2. The van der Waals surface area contributed by atoms with E-state index in [1.165, 1.54) is 6.92 Å². The van der Waals surface area contributed by atoms with Crippen LogP contribution in [-0.2, 0) is 33.2 Å². The first-order chi connectivity index (χ1) is 22.6. The average Bonchev–Trinajstić information content (AvgIpc) is 3.49. The van der Waals surface area contributed by atoms with Crippen LogP contribution in [0.5, 0.6) is 5.75 Å². The van der Waals surface area contributed by atoms with Gasteiger partial charge in [0.1, 0.15) is 18.0 Å². The third-order valence-corrected chi connectivity index (χ3v) is 13.4. The summed E-state index contributed by atoms with van der Waals surface area (Å²) in [7, 11) is 8.11. The molecule has 0 radical (unpaired) electrons. The number of piperidine rings is 1. The van der Waals surface area contributed by atoms with Gasteiger partial charge in [-0.25, -0.2) is 4.79 Å². The molecule has 5 aliphatic carbocycles. The molecule has 15 atom stereocenters. The van der Waals surface area contributed by atoms with Gasteiger partial charge in [0.15, 0.2) is 5.60 Å². The molecule has 47 heavy (non-hydrogen) atoms. The fraction of sp³-hybridized carbons (Fsp3) is 0.771. The minimum absolute atomic E-state index is 0.229. The summed E-state index contributed by atoms with van der Waals surface area (Å²) in [5, 5.41) is 24.6. The molecule has 1 unspecified atom stereocenters. The van der Waals surface area contributed by atoms with Gasteiger partial charge < -0.3 is 43.4 Å². The van der Waals surface area contributed by atoms with Crippen molar-refractivity contribution in [1.82, 2.24) is 4.90 Å². The van der Waals surface area contributed by atoms with Gasteiger partial charge in [-0.15, -0.1) is 0 Å². The Morgan fingerprint density at radius 3 is 2.21 bits per heavy atom. The van der Waals surface area contributed by atoms with Crippen molar-refractivity contribution in [1.29, 1.82) is 0 Å². The number of rotatable bonds is 10. The predicted octanol–water partition coefficient (Wildman–Crippen LogP) is 1.54. The van der Waals surface area contributed by atoms with E-state index in [0.717, 1.165) is 0 Å². The molecule has 2 N–H and O–H groups in total. The number of benzene rings is 1. The number of fused-ring (bicyclic) bond motifs is 2. The molecule has 1 spiro atoms. The zero-order valence-corrected chi connectivity index (χ0v) is 28.3. The Kier molecular flexibility index (Phi) is 8.22. The minimum atomic E-state index is -1.53. The third kappa shape index (κ3) is 4.00. The van der Waals surface area contributed by atoms with Crippen LogP contribution in [0.1, 0.15) is 37.0 Å². The summed E-state index contributed by atoms with van der Waals surface area (Å²) >= 11 is 0.